The summed E-state index contributed by atoms with van der Waals surface area (Å²) < 4.78 is 11.4. The van der Waals surface area contributed by atoms with E-state index in [-0.39, 0.29) is 6.61 Å². The first-order valence-electron chi connectivity index (χ1n) is 5.37. The number of aliphatic hydroxyl groups is 2. The second-order valence-electron chi connectivity index (χ2n) is 3.96. The summed E-state index contributed by atoms with van der Waals surface area (Å²) in [6.45, 7) is -0.343. The van der Waals surface area contributed by atoms with Crippen LogP contribution in [0.5, 0.6) is 0 Å². The molecule has 0 spiro atoms. The van der Waals surface area contributed by atoms with Crippen molar-refractivity contribution in [2.24, 2.45) is 0 Å². The molecule has 2 heterocycles. The van der Waals surface area contributed by atoms with E-state index in [9.17, 15) is 14.7 Å². The highest BCUT2D eigenvalue weighted by Gasteiger charge is 2.44. The van der Waals surface area contributed by atoms with Gasteiger partial charge in [0.15, 0.2) is 6.23 Å². The monoisotopic (exact) mass is 258 g/mol. The first-order chi connectivity index (χ1) is 8.58. The lowest BCUT2D eigenvalue weighted by Crippen LogP contribution is -2.38. The van der Waals surface area contributed by atoms with Gasteiger partial charge in [0.05, 0.1) is 6.61 Å². The van der Waals surface area contributed by atoms with Gasteiger partial charge in [0.25, 0.3) is 5.56 Å². The number of aromatic nitrogens is 2. The van der Waals surface area contributed by atoms with Gasteiger partial charge in [-0.1, -0.05) is 0 Å². The average Bonchev–Trinajstić information content (AvgIpc) is 2.66. The molecule has 18 heavy (non-hydrogen) atoms. The summed E-state index contributed by atoms with van der Waals surface area (Å²) in [6.07, 6.45) is -2.36. The molecule has 0 aliphatic carbocycles. The number of nitrogens with zero attached hydrogens (tertiary/aromatic N) is 1. The summed E-state index contributed by atoms with van der Waals surface area (Å²) >= 11 is 0. The first-order valence-corrected chi connectivity index (χ1v) is 5.37. The van der Waals surface area contributed by atoms with Crippen molar-refractivity contribution in [3.8, 4) is 0 Å². The van der Waals surface area contributed by atoms with Gasteiger partial charge in [0.1, 0.15) is 18.3 Å². The Bertz CT molecular complexity index is 524. The van der Waals surface area contributed by atoms with Gasteiger partial charge in [-0.25, -0.2) is 4.79 Å². The lowest BCUT2D eigenvalue weighted by molar-refractivity contribution is -0.0569. The van der Waals surface area contributed by atoms with Crippen molar-refractivity contribution >= 4 is 0 Å². The number of nitrogens with one attached hydrogen (secondary N) is 1. The zero-order valence-corrected chi connectivity index (χ0v) is 9.65. The molecule has 1 unspecified atom stereocenters. The number of methoxy groups -OCH3 is 1. The molecular weight excluding hydrogens is 244 g/mol. The van der Waals surface area contributed by atoms with Crippen LogP contribution in [-0.4, -0.2) is 51.8 Å². The molecule has 1 aromatic heterocycles. The van der Waals surface area contributed by atoms with Crippen LogP contribution in [0.15, 0.2) is 21.9 Å². The van der Waals surface area contributed by atoms with Crippen LogP contribution in [0.1, 0.15) is 6.23 Å². The summed E-state index contributed by atoms with van der Waals surface area (Å²) in [5, 5.41) is 19.1. The van der Waals surface area contributed by atoms with Crippen LogP contribution < -0.4 is 11.2 Å². The second kappa shape index (κ2) is 5.02. The summed E-state index contributed by atoms with van der Waals surface area (Å²) in [5.41, 5.74) is -1.23. The maximum absolute atomic E-state index is 11.6. The van der Waals surface area contributed by atoms with Gasteiger partial charge in [-0.2, -0.15) is 0 Å². The first kappa shape index (κ1) is 13.0. The number of H-pyrrole nitrogens is 1. The molecule has 100 valence electrons. The molecule has 4 atom stereocenters. The van der Waals surface area contributed by atoms with Crippen LogP contribution in [0.4, 0.5) is 0 Å². The maximum Gasteiger partial charge on any atom is 0.330 e. The van der Waals surface area contributed by atoms with Crippen LogP contribution in [0.25, 0.3) is 0 Å². The molecule has 8 nitrogen and oxygen atoms in total. The molecule has 2 rings (SSSR count). The molecule has 0 saturated carbocycles. The van der Waals surface area contributed by atoms with Crippen molar-refractivity contribution in [3.05, 3.63) is 33.1 Å². The fraction of sp³-hybridized carbons (Fsp3) is 0.600. The molecule has 1 saturated heterocycles. The van der Waals surface area contributed by atoms with Crippen molar-refractivity contribution in [2.75, 3.05) is 13.7 Å². The minimum Gasteiger partial charge on any atom is -0.394 e. The third-order valence-electron chi connectivity index (χ3n) is 2.89. The molecular formula is C10H14N2O6. The highest BCUT2D eigenvalue weighted by atomic mass is 16.6. The smallest absolute Gasteiger partial charge is 0.330 e. The van der Waals surface area contributed by atoms with Crippen molar-refractivity contribution in [1.82, 2.24) is 9.55 Å². The van der Waals surface area contributed by atoms with Crippen molar-refractivity contribution < 1.29 is 19.7 Å². The van der Waals surface area contributed by atoms with Gasteiger partial charge in [-0.05, 0) is 0 Å². The van der Waals surface area contributed by atoms with E-state index < -0.39 is 35.8 Å². The predicted octanol–water partition coefficient (Wildman–Crippen LogP) is -2.20. The third kappa shape index (κ3) is 2.10. The van der Waals surface area contributed by atoms with E-state index in [1.165, 1.54) is 13.3 Å². The number of ether oxygens (including phenoxy) is 2. The molecule has 3 N–H and O–H groups in total. The summed E-state index contributed by atoms with van der Waals surface area (Å²) in [4.78, 5) is 24.6. The van der Waals surface area contributed by atoms with E-state index in [2.05, 4.69) is 4.98 Å². The average molecular weight is 258 g/mol. The summed E-state index contributed by atoms with van der Waals surface area (Å²) in [7, 11) is 1.37. The minimum absolute atomic E-state index is 0.343. The third-order valence-corrected chi connectivity index (χ3v) is 2.89. The number of aliphatic hydroxyl groups excluding tert-OH is 2. The second-order valence-corrected chi connectivity index (χ2v) is 3.96. The number of hydrogen-bond acceptors (Lipinski definition) is 6. The Labute approximate surface area is 101 Å². The highest BCUT2D eigenvalue weighted by molar-refractivity contribution is 4.93. The summed E-state index contributed by atoms with van der Waals surface area (Å²) in [6, 6.07) is 1.14. The van der Waals surface area contributed by atoms with Crippen LogP contribution in [0.2, 0.25) is 0 Å². The normalized spacial score (nSPS) is 31.7. The molecule has 0 aromatic carbocycles. The molecule has 0 amide bonds. The number of aromatic amines is 1. The zero-order chi connectivity index (χ0) is 13.3. The lowest BCUT2D eigenvalue weighted by Gasteiger charge is -2.17. The topological polar surface area (TPSA) is 114 Å². The Balaban J connectivity index is 2.34. The molecule has 1 aliphatic heterocycles. The van der Waals surface area contributed by atoms with E-state index in [0.717, 1.165) is 10.6 Å². The number of hydrogen-bond donors (Lipinski definition) is 3. The van der Waals surface area contributed by atoms with Gasteiger partial charge in [0, 0.05) is 19.4 Å². The number of rotatable bonds is 3. The fourth-order valence-electron chi connectivity index (χ4n) is 2.02. The SMILES string of the molecule is CO[C@@H]1[C@@H](CO)OC(n2ccc(=O)[nH]c2=O)[C@@H]1O. The molecule has 0 bridgehead atoms. The van der Waals surface area contributed by atoms with E-state index >= 15 is 0 Å². The summed E-state index contributed by atoms with van der Waals surface area (Å²) in [5.74, 6) is 0. The van der Waals surface area contributed by atoms with E-state index in [1.54, 1.807) is 0 Å². The van der Waals surface area contributed by atoms with Crippen LogP contribution in [-0.2, 0) is 9.47 Å². The van der Waals surface area contributed by atoms with Crippen molar-refractivity contribution in [3.63, 3.8) is 0 Å². The highest BCUT2D eigenvalue weighted by Crippen LogP contribution is 2.29. The van der Waals surface area contributed by atoms with E-state index in [1.807, 2.05) is 0 Å². The van der Waals surface area contributed by atoms with Crippen molar-refractivity contribution in [2.45, 2.75) is 24.5 Å². The van der Waals surface area contributed by atoms with Crippen LogP contribution in [0, 0.1) is 0 Å². The molecule has 1 aliphatic rings. The van der Waals surface area contributed by atoms with Gasteiger partial charge in [-0.15, -0.1) is 0 Å². The predicted molar refractivity (Wildman–Crippen MR) is 59.1 cm³/mol. The standard InChI is InChI=1S/C10H14N2O6/c1-17-8-5(4-13)18-9(7(8)15)12-3-2-6(14)11-10(12)16/h2-3,5,7-9,13,15H,4H2,1H3,(H,11,14,16)/t5-,7-,8-,9?/m1/s1. The quantitative estimate of drug-likeness (QED) is 0.567. The maximum atomic E-state index is 11.6. The van der Waals surface area contributed by atoms with Crippen LogP contribution >= 0.6 is 0 Å². The minimum atomic E-state index is -1.12. The zero-order valence-electron chi connectivity index (χ0n) is 9.65. The Morgan fingerprint density at radius 3 is 2.78 bits per heavy atom. The molecule has 1 aromatic rings. The van der Waals surface area contributed by atoms with Crippen LogP contribution in [0.3, 0.4) is 0 Å². The Morgan fingerprint density at radius 1 is 1.56 bits per heavy atom. The van der Waals surface area contributed by atoms with Gasteiger partial charge in [-0.3, -0.25) is 14.3 Å². The van der Waals surface area contributed by atoms with Gasteiger partial charge < -0.3 is 19.7 Å². The molecule has 8 heteroatoms. The Kier molecular flexibility index (Phi) is 3.62. The largest absolute Gasteiger partial charge is 0.394 e. The van der Waals surface area contributed by atoms with E-state index in [0.29, 0.717) is 0 Å². The lowest BCUT2D eigenvalue weighted by atomic mass is 10.1. The fourth-order valence-corrected chi connectivity index (χ4v) is 2.02. The Hall–Kier alpha value is -1.48. The molecule has 1 fully saturated rings. The molecule has 0 radical (unpaired) electrons. The van der Waals surface area contributed by atoms with Crippen molar-refractivity contribution in [1.29, 1.82) is 0 Å². The van der Waals surface area contributed by atoms with E-state index in [4.69, 9.17) is 14.6 Å². The Morgan fingerprint density at radius 2 is 2.28 bits per heavy atom. The van der Waals surface area contributed by atoms with Gasteiger partial charge in [0.2, 0.25) is 0 Å². The van der Waals surface area contributed by atoms with Gasteiger partial charge >= 0.3 is 5.69 Å².